The first-order valence-corrected chi connectivity index (χ1v) is 11.8. The van der Waals surface area contributed by atoms with Gasteiger partial charge in [-0.15, -0.1) is 10.2 Å². The molecule has 176 valence electrons. The Kier molecular flexibility index (Phi) is 9.12. The van der Waals surface area contributed by atoms with Crippen molar-refractivity contribution in [3.63, 3.8) is 0 Å². The van der Waals surface area contributed by atoms with Gasteiger partial charge in [0.2, 0.25) is 5.91 Å². The number of ether oxygens (including phenoxy) is 1. The van der Waals surface area contributed by atoms with Gasteiger partial charge in [0, 0.05) is 12.1 Å². The number of benzene rings is 1. The molecule has 1 atom stereocenters. The minimum Gasteiger partial charge on any atom is -0.486 e. The van der Waals surface area contributed by atoms with E-state index in [1.54, 1.807) is 6.92 Å². The molecule has 0 aliphatic rings. The van der Waals surface area contributed by atoms with Gasteiger partial charge in [-0.1, -0.05) is 44.7 Å². The van der Waals surface area contributed by atoms with E-state index in [0.29, 0.717) is 23.4 Å². The predicted molar refractivity (Wildman–Crippen MR) is 127 cm³/mol. The van der Waals surface area contributed by atoms with E-state index in [9.17, 15) is 9.59 Å². The minimum atomic E-state index is -0.522. The number of nitrogens with one attached hydrogen (secondary N) is 2. The molecule has 0 saturated heterocycles. The van der Waals surface area contributed by atoms with Crippen molar-refractivity contribution in [2.24, 2.45) is 5.92 Å². The molecule has 8 nitrogen and oxygen atoms in total. The molecule has 0 bridgehead atoms. The molecule has 9 heteroatoms. The molecule has 0 fully saturated rings. The molecule has 32 heavy (non-hydrogen) atoms. The fraction of sp³-hybridized carbons (Fsp3) is 0.565. The van der Waals surface area contributed by atoms with Crippen LogP contribution in [-0.4, -0.2) is 37.5 Å². The third-order valence-electron chi connectivity index (χ3n) is 4.42. The number of hydrogen-bond donors (Lipinski definition) is 2. The number of aromatic nitrogens is 3. The van der Waals surface area contributed by atoms with E-state index in [4.69, 9.17) is 4.74 Å². The lowest BCUT2D eigenvalue weighted by atomic mass is 10.1. The first-order valence-electron chi connectivity index (χ1n) is 10.9. The standard InChI is InChI=1S/C23H35N5O3S/c1-8-17-9-11-18(12-10-17)31-14-19-26-27-22(28(19)13-15(2)3)32-16(4)20(29)24-21(30)25-23(5,6)7/h9-12,15-16H,8,13-14H2,1-7H3,(H2,24,25,29,30). The number of carbonyl (C=O) groups is 2. The molecule has 1 unspecified atom stereocenters. The lowest BCUT2D eigenvalue weighted by molar-refractivity contribution is -0.119. The van der Waals surface area contributed by atoms with Crippen molar-refractivity contribution in [2.45, 2.75) is 84.0 Å². The van der Waals surface area contributed by atoms with Gasteiger partial charge in [0.25, 0.3) is 0 Å². The van der Waals surface area contributed by atoms with Crippen molar-refractivity contribution >= 4 is 23.7 Å². The lowest BCUT2D eigenvalue weighted by Gasteiger charge is -2.21. The number of carbonyl (C=O) groups excluding carboxylic acids is 2. The summed E-state index contributed by atoms with van der Waals surface area (Å²) in [6, 6.07) is 7.48. The Morgan fingerprint density at radius 2 is 1.78 bits per heavy atom. The zero-order valence-corrected chi connectivity index (χ0v) is 20.9. The van der Waals surface area contributed by atoms with Gasteiger partial charge in [0.1, 0.15) is 12.4 Å². The van der Waals surface area contributed by atoms with Gasteiger partial charge in [0.15, 0.2) is 11.0 Å². The van der Waals surface area contributed by atoms with Crippen molar-refractivity contribution in [1.82, 2.24) is 25.4 Å². The first-order chi connectivity index (χ1) is 15.0. The average Bonchev–Trinajstić information content (AvgIpc) is 3.05. The average molecular weight is 462 g/mol. The van der Waals surface area contributed by atoms with Gasteiger partial charge in [-0.05, 0) is 57.7 Å². The molecule has 0 aliphatic heterocycles. The lowest BCUT2D eigenvalue weighted by Crippen LogP contribution is -2.49. The molecule has 0 saturated carbocycles. The van der Waals surface area contributed by atoms with Crippen LogP contribution in [0.1, 0.15) is 59.9 Å². The summed E-state index contributed by atoms with van der Waals surface area (Å²) < 4.78 is 7.89. The monoisotopic (exact) mass is 461 g/mol. The second-order valence-electron chi connectivity index (χ2n) is 9.14. The Hall–Kier alpha value is -2.55. The summed E-state index contributed by atoms with van der Waals surface area (Å²) >= 11 is 1.27. The van der Waals surface area contributed by atoms with E-state index < -0.39 is 16.8 Å². The van der Waals surface area contributed by atoms with Gasteiger partial charge >= 0.3 is 6.03 Å². The number of aryl methyl sites for hydroxylation is 1. The van der Waals surface area contributed by atoms with Crippen LogP contribution in [0, 0.1) is 5.92 Å². The number of imide groups is 1. The smallest absolute Gasteiger partial charge is 0.321 e. The van der Waals surface area contributed by atoms with E-state index in [1.165, 1.54) is 17.3 Å². The maximum absolute atomic E-state index is 12.5. The molecule has 0 aliphatic carbocycles. The zero-order chi connectivity index (χ0) is 23.9. The third-order valence-corrected chi connectivity index (χ3v) is 5.50. The van der Waals surface area contributed by atoms with Crippen LogP contribution in [-0.2, 0) is 24.4 Å². The highest BCUT2D eigenvalue weighted by molar-refractivity contribution is 8.00. The largest absolute Gasteiger partial charge is 0.486 e. The molecule has 1 aromatic carbocycles. The topological polar surface area (TPSA) is 98.1 Å². The summed E-state index contributed by atoms with van der Waals surface area (Å²) in [5.74, 6) is 1.44. The fourth-order valence-electron chi connectivity index (χ4n) is 2.83. The Bertz CT molecular complexity index is 903. The first kappa shape index (κ1) is 25.7. The summed E-state index contributed by atoms with van der Waals surface area (Å²) in [6.07, 6.45) is 0.979. The predicted octanol–water partition coefficient (Wildman–Crippen LogP) is 4.18. The molecule has 2 aromatic rings. The van der Waals surface area contributed by atoms with Crippen molar-refractivity contribution in [3.05, 3.63) is 35.7 Å². The Morgan fingerprint density at radius 1 is 1.12 bits per heavy atom. The summed E-state index contributed by atoms with van der Waals surface area (Å²) in [4.78, 5) is 24.5. The third kappa shape index (κ3) is 8.18. The van der Waals surface area contributed by atoms with Crippen LogP contribution in [0.5, 0.6) is 5.75 Å². The number of hydrogen-bond acceptors (Lipinski definition) is 6. The van der Waals surface area contributed by atoms with Crippen LogP contribution in [0.25, 0.3) is 0 Å². The van der Waals surface area contributed by atoms with Crippen LogP contribution in [0.4, 0.5) is 4.79 Å². The molecular weight excluding hydrogens is 426 g/mol. The summed E-state index contributed by atoms with van der Waals surface area (Å²) in [6.45, 7) is 14.6. The van der Waals surface area contributed by atoms with Crippen LogP contribution in [0.2, 0.25) is 0 Å². The molecule has 1 aromatic heterocycles. The van der Waals surface area contributed by atoms with Gasteiger partial charge in [-0.2, -0.15) is 0 Å². The summed E-state index contributed by atoms with van der Waals surface area (Å²) in [5, 5.41) is 13.8. The number of rotatable bonds is 9. The van der Waals surface area contributed by atoms with E-state index in [2.05, 4.69) is 41.6 Å². The highest BCUT2D eigenvalue weighted by Crippen LogP contribution is 2.24. The minimum absolute atomic E-state index is 0.278. The quantitative estimate of drug-likeness (QED) is 0.544. The second-order valence-corrected chi connectivity index (χ2v) is 10.5. The molecule has 1 heterocycles. The fourth-order valence-corrected chi connectivity index (χ4v) is 3.71. The Balaban J connectivity index is 2.06. The van der Waals surface area contributed by atoms with E-state index in [0.717, 1.165) is 12.2 Å². The molecule has 2 N–H and O–H groups in total. The highest BCUT2D eigenvalue weighted by Gasteiger charge is 2.23. The number of nitrogens with zero attached hydrogens (tertiary/aromatic N) is 3. The van der Waals surface area contributed by atoms with Crippen LogP contribution in [0.3, 0.4) is 0 Å². The Morgan fingerprint density at radius 3 is 2.34 bits per heavy atom. The molecule has 3 amide bonds. The molecule has 0 radical (unpaired) electrons. The van der Waals surface area contributed by atoms with Crippen molar-refractivity contribution in [2.75, 3.05) is 0 Å². The highest BCUT2D eigenvalue weighted by atomic mass is 32.2. The number of amides is 3. The zero-order valence-electron chi connectivity index (χ0n) is 20.1. The normalized spacial score (nSPS) is 12.5. The summed E-state index contributed by atoms with van der Waals surface area (Å²) in [5.41, 5.74) is 0.826. The van der Waals surface area contributed by atoms with Gasteiger partial charge in [0.05, 0.1) is 5.25 Å². The van der Waals surface area contributed by atoms with Crippen LogP contribution < -0.4 is 15.4 Å². The van der Waals surface area contributed by atoms with Gasteiger partial charge in [-0.25, -0.2) is 4.79 Å². The van der Waals surface area contributed by atoms with Crippen molar-refractivity contribution in [1.29, 1.82) is 0 Å². The number of thioether (sulfide) groups is 1. The van der Waals surface area contributed by atoms with Crippen LogP contribution in [0.15, 0.2) is 29.4 Å². The Labute approximate surface area is 194 Å². The van der Waals surface area contributed by atoms with Gasteiger partial charge < -0.3 is 14.6 Å². The molecule has 2 rings (SSSR count). The van der Waals surface area contributed by atoms with Gasteiger partial charge in [-0.3, -0.25) is 10.1 Å². The van der Waals surface area contributed by atoms with E-state index in [1.807, 2.05) is 49.6 Å². The molecule has 0 spiro atoms. The number of urea groups is 1. The maximum atomic E-state index is 12.5. The summed E-state index contributed by atoms with van der Waals surface area (Å²) in [7, 11) is 0. The maximum Gasteiger partial charge on any atom is 0.321 e. The SMILES string of the molecule is CCc1ccc(OCc2nnc(SC(C)C(=O)NC(=O)NC(C)(C)C)n2CC(C)C)cc1. The molecular formula is C23H35N5O3S. The van der Waals surface area contributed by atoms with Crippen molar-refractivity contribution in [3.8, 4) is 5.75 Å². The van der Waals surface area contributed by atoms with E-state index in [-0.39, 0.29) is 12.5 Å². The van der Waals surface area contributed by atoms with Crippen molar-refractivity contribution < 1.29 is 14.3 Å². The van der Waals surface area contributed by atoms with Crippen LogP contribution >= 0.6 is 11.8 Å². The second kappa shape index (κ2) is 11.4. The van der Waals surface area contributed by atoms with E-state index >= 15 is 0 Å².